The fourth-order valence-electron chi connectivity index (χ4n) is 1.15. The van der Waals surface area contributed by atoms with Crippen LogP contribution in [0.5, 0.6) is 0 Å². The highest BCUT2D eigenvalue weighted by Gasteiger charge is 1.99. The van der Waals surface area contributed by atoms with Crippen molar-refractivity contribution in [2.75, 3.05) is 0 Å². The van der Waals surface area contributed by atoms with Crippen molar-refractivity contribution in [1.82, 2.24) is 10.3 Å². The number of hydrogen-bond donors (Lipinski definition) is 1. The van der Waals surface area contributed by atoms with Crippen molar-refractivity contribution in [1.29, 1.82) is 5.26 Å². The summed E-state index contributed by atoms with van der Waals surface area (Å²) in [6, 6.07) is 5.44. The van der Waals surface area contributed by atoms with Gasteiger partial charge in [0, 0.05) is 23.2 Å². The van der Waals surface area contributed by atoms with Crippen LogP contribution >= 0.6 is 22.6 Å². The molecular formula is C12H12FIN4. The second kappa shape index (κ2) is 7.76. The number of nitriles is 1. The Morgan fingerprint density at radius 2 is 2.50 bits per heavy atom. The molecule has 0 unspecified atom stereocenters. The van der Waals surface area contributed by atoms with Gasteiger partial charge in [0.05, 0.1) is 0 Å². The van der Waals surface area contributed by atoms with Gasteiger partial charge in [0.15, 0.2) is 5.97 Å². The number of nitrogens with zero attached hydrogens (tertiary/aromatic N) is 3. The molecule has 0 aliphatic rings. The van der Waals surface area contributed by atoms with Crippen molar-refractivity contribution in [3.8, 4) is 6.07 Å². The zero-order valence-corrected chi connectivity index (χ0v) is 12.0. The molecule has 18 heavy (non-hydrogen) atoms. The van der Waals surface area contributed by atoms with E-state index in [1.54, 1.807) is 29.3 Å². The molecule has 1 aromatic rings. The Balaban J connectivity index is 2.66. The monoisotopic (exact) mass is 358 g/mol. The first-order chi connectivity index (χ1) is 8.69. The SMILES string of the molecule is CCC(F)=N/C(=C\I)NCc1ccnc(C#N)c1. The van der Waals surface area contributed by atoms with Gasteiger partial charge < -0.3 is 5.32 Å². The number of aromatic nitrogens is 1. The molecule has 0 aromatic carbocycles. The van der Waals surface area contributed by atoms with Gasteiger partial charge in [0.1, 0.15) is 17.6 Å². The molecule has 0 aliphatic carbocycles. The number of nitrogens with one attached hydrogen (secondary N) is 1. The Morgan fingerprint density at radius 1 is 1.72 bits per heavy atom. The summed E-state index contributed by atoms with van der Waals surface area (Å²) in [4.78, 5) is 7.66. The smallest absolute Gasteiger partial charge is 0.190 e. The molecule has 0 fully saturated rings. The molecule has 1 heterocycles. The third-order valence-corrected chi connectivity index (χ3v) is 2.64. The van der Waals surface area contributed by atoms with Crippen molar-refractivity contribution in [3.05, 3.63) is 39.5 Å². The molecule has 4 nitrogen and oxygen atoms in total. The van der Waals surface area contributed by atoms with Crippen LogP contribution in [0.25, 0.3) is 0 Å². The summed E-state index contributed by atoms with van der Waals surface area (Å²) in [5.41, 5.74) is 1.25. The van der Waals surface area contributed by atoms with E-state index in [4.69, 9.17) is 5.26 Å². The Morgan fingerprint density at radius 3 is 3.11 bits per heavy atom. The van der Waals surface area contributed by atoms with Gasteiger partial charge in [-0.1, -0.05) is 6.92 Å². The average molecular weight is 358 g/mol. The third-order valence-electron chi connectivity index (χ3n) is 2.05. The Labute approximate surface area is 119 Å². The van der Waals surface area contributed by atoms with Gasteiger partial charge in [0.25, 0.3) is 0 Å². The minimum absolute atomic E-state index is 0.267. The molecule has 0 saturated heterocycles. The van der Waals surface area contributed by atoms with Crippen LogP contribution in [0.15, 0.2) is 33.2 Å². The number of halogens is 2. The first kappa shape index (κ1) is 14.6. The van der Waals surface area contributed by atoms with E-state index in [0.717, 1.165) is 5.56 Å². The minimum Gasteiger partial charge on any atom is -0.366 e. The van der Waals surface area contributed by atoms with Gasteiger partial charge in [0.2, 0.25) is 0 Å². The standard InChI is InChI=1S/C12H12FIN4/c1-2-11(13)18-12(6-14)17-8-9-3-4-16-10(5-9)7-15/h3-6,17H,2,8H2,1H3/b12-6-,18-11?. The molecule has 1 N–H and O–H groups in total. The highest BCUT2D eigenvalue weighted by Crippen LogP contribution is 2.05. The van der Waals surface area contributed by atoms with Crippen LogP contribution in [0.4, 0.5) is 4.39 Å². The summed E-state index contributed by atoms with van der Waals surface area (Å²) in [7, 11) is 0. The Kier molecular flexibility index (Phi) is 6.28. The normalized spacial score (nSPS) is 12.1. The van der Waals surface area contributed by atoms with Crippen LogP contribution in [0.2, 0.25) is 0 Å². The molecule has 0 radical (unpaired) electrons. The lowest BCUT2D eigenvalue weighted by atomic mass is 10.2. The van der Waals surface area contributed by atoms with E-state index in [2.05, 4.69) is 15.3 Å². The number of pyridine rings is 1. The summed E-state index contributed by atoms with van der Waals surface area (Å²) in [6.45, 7) is 2.16. The van der Waals surface area contributed by atoms with Gasteiger partial charge in [-0.2, -0.15) is 9.65 Å². The summed E-state index contributed by atoms with van der Waals surface area (Å²) in [6.07, 6.45) is 1.84. The van der Waals surface area contributed by atoms with Gasteiger partial charge in [-0.15, -0.1) is 0 Å². The van der Waals surface area contributed by atoms with Crippen molar-refractivity contribution < 1.29 is 4.39 Å². The number of hydrogen-bond acceptors (Lipinski definition) is 4. The molecule has 94 valence electrons. The lowest BCUT2D eigenvalue weighted by Crippen LogP contribution is -2.12. The van der Waals surface area contributed by atoms with Crippen molar-refractivity contribution in [2.24, 2.45) is 4.99 Å². The number of aliphatic imine (C=N–C) groups is 1. The van der Waals surface area contributed by atoms with E-state index in [0.29, 0.717) is 18.1 Å². The lowest BCUT2D eigenvalue weighted by molar-refractivity contribution is 0.744. The van der Waals surface area contributed by atoms with E-state index in [1.165, 1.54) is 0 Å². The highest BCUT2D eigenvalue weighted by molar-refractivity contribution is 14.1. The van der Waals surface area contributed by atoms with Crippen LogP contribution in [0.3, 0.4) is 0 Å². The largest absolute Gasteiger partial charge is 0.366 e. The average Bonchev–Trinajstić information content (AvgIpc) is 2.43. The molecule has 6 heteroatoms. The fraction of sp³-hybridized carbons (Fsp3) is 0.250. The molecule has 0 amide bonds. The van der Waals surface area contributed by atoms with Crippen molar-refractivity contribution >= 4 is 28.6 Å². The van der Waals surface area contributed by atoms with E-state index in [9.17, 15) is 4.39 Å². The van der Waals surface area contributed by atoms with Crippen LogP contribution < -0.4 is 5.32 Å². The van der Waals surface area contributed by atoms with Crippen LogP contribution in [-0.4, -0.2) is 10.9 Å². The van der Waals surface area contributed by atoms with Gasteiger partial charge in [-0.3, -0.25) is 0 Å². The summed E-state index contributed by atoms with van der Waals surface area (Å²) in [5, 5.41) is 11.7. The topological polar surface area (TPSA) is 61.1 Å². The first-order valence-corrected chi connectivity index (χ1v) is 6.56. The highest BCUT2D eigenvalue weighted by atomic mass is 127. The number of rotatable bonds is 5. The predicted molar refractivity (Wildman–Crippen MR) is 76.7 cm³/mol. The first-order valence-electron chi connectivity index (χ1n) is 5.32. The quantitative estimate of drug-likeness (QED) is 0.650. The molecule has 0 saturated carbocycles. The van der Waals surface area contributed by atoms with E-state index < -0.39 is 5.97 Å². The zero-order chi connectivity index (χ0) is 13.4. The molecule has 0 spiro atoms. The second-order valence-electron chi connectivity index (χ2n) is 3.35. The summed E-state index contributed by atoms with van der Waals surface area (Å²) in [5.74, 6) is 0.0446. The van der Waals surface area contributed by atoms with Crippen LogP contribution in [-0.2, 0) is 6.54 Å². The maximum absolute atomic E-state index is 13.0. The predicted octanol–water partition coefficient (Wildman–Crippen LogP) is 3.05. The third kappa shape index (κ3) is 4.79. The molecule has 1 rings (SSSR count). The molecule has 0 atom stereocenters. The minimum atomic E-state index is -0.419. The summed E-state index contributed by atoms with van der Waals surface area (Å²) >= 11 is 1.99. The van der Waals surface area contributed by atoms with Crippen molar-refractivity contribution in [3.63, 3.8) is 0 Å². The van der Waals surface area contributed by atoms with Crippen molar-refractivity contribution in [2.45, 2.75) is 19.9 Å². The molecular weight excluding hydrogens is 346 g/mol. The van der Waals surface area contributed by atoms with E-state index in [1.807, 2.05) is 28.7 Å². The fourth-order valence-corrected chi connectivity index (χ4v) is 1.51. The molecule has 1 aromatic heterocycles. The maximum atomic E-state index is 13.0. The van der Waals surface area contributed by atoms with Gasteiger partial charge in [-0.05, 0) is 40.3 Å². The molecule has 0 bridgehead atoms. The second-order valence-corrected chi connectivity index (χ2v) is 3.97. The maximum Gasteiger partial charge on any atom is 0.190 e. The van der Waals surface area contributed by atoms with Gasteiger partial charge >= 0.3 is 0 Å². The summed E-state index contributed by atoms with van der Waals surface area (Å²) < 4.78 is 14.7. The Hall–Kier alpha value is -1.49. The van der Waals surface area contributed by atoms with E-state index in [-0.39, 0.29) is 6.42 Å². The Bertz CT molecular complexity index is 505. The van der Waals surface area contributed by atoms with Gasteiger partial charge in [-0.25, -0.2) is 9.98 Å². The molecule has 0 aliphatic heterocycles. The zero-order valence-electron chi connectivity index (χ0n) is 9.82. The van der Waals surface area contributed by atoms with E-state index >= 15 is 0 Å². The van der Waals surface area contributed by atoms with Crippen LogP contribution in [0, 0.1) is 11.3 Å². The lowest BCUT2D eigenvalue weighted by Gasteiger charge is -2.06. The van der Waals surface area contributed by atoms with Crippen LogP contribution in [0.1, 0.15) is 24.6 Å².